The molecule has 2 aromatic carbocycles. The van der Waals surface area contributed by atoms with Gasteiger partial charge >= 0.3 is 0 Å². The van der Waals surface area contributed by atoms with Crippen molar-refractivity contribution in [3.63, 3.8) is 0 Å². The topological polar surface area (TPSA) is 94.8 Å². The van der Waals surface area contributed by atoms with Crippen LogP contribution in [0.1, 0.15) is 42.1 Å². The third-order valence-electron chi connectivity index (χ3n) is 10.4. The maximum absolute atomic E-state index is 13.6. The first-order valence-corrected chi connectivity index (χ1v) is 18.6. The third-order valence-corrected chi connectivity index (χ3v) is 11.9. The fourth-order valence-electron chi connectivity index (χ4n) is 7.59. The van der Waals surface area contributed by atoms with Crippen LogP contribution in [0.2, 0.25) is 5.02 Å². The Hall–Kier alpha value is -3.65. The molecule has 0 amide bonds. The summed E-state index contributed by atoms with van der Waals surface area (Å²) in [7, 11) is 4.28. The molecule has 262 valence electrons. The van der Waals surface area contributed by atoms with Crippen molar-refractivity contribution in [3.8, 4) is 16.2 Å². The summed E-state index contributed by atoms with van der Waals surface area (Å²) in [5.41, 5.74) is 5.09. The Morgan fingerprint density at radius 3 is 2.74 bits per heavy atom. The number of likely N-dealkylation sites (tertiary alicyclic amines) is 2. The number of fused-ring (bicyclic) bond motifs is 5. The van der Waals surface area contributed by atoms with Gasteiger partial charge in [-0.05, 0) is 94.2 Å². The number of aliphatic hydroxyl groups excluding tert-OH is 1. The number of anilines is 2. The lowest BCUT2D eigenvalue weighted by Gasteiger charge is -2.36. The molecule has 0 bridgehead atoms. The molecule has 1 aliphatic carbocycles. The van der Waals surface area contributed by atoms with Crippen LogP contribution in [-0.4, -0.2) is 98.6 Å². The van der Waals surface area contributed by atoms with Gasteiger partial charge in [-0.3, -0.25) is 14.5 Å². The first-order valence-electron chi connectivity index (χ1n) is 17.4. The first kappa shape index (κ1) is 33.5. The van der Waals surface area contributed by atoms with Crippen LogP contribution in [-0.2, 0) is 19.4 Å². The van der Waals surface area contributed by atoms with Gasteiger partial charge in [-0.2, -0.15) is 5.10 Å². The summed E-state index contributed by atoms with van der Waals surface area (Å²) >= 11 is 8.30. The van der Waals surface area contributed by atoms with Crippen molar-refractivity contribution in [2.45, 2.75) is 57.0 Å². The second-order valence-electron chi connectivity index (χ2n) is 13.9. The molecule has 0 radical (unpaired) electrons. The molecule has 3 aromatic heterocycles. The molecule has 2 fully saturated rings. The van der Waals surface area contributed by atoms with Crippen LogP contribution >= 0.6 is 22.9 Å². The maximum atomic E-state index is 13.6. The van der Waals surface area contributed by atoms with Gasteiger partial charge in [0.25, 0.3) is 0 Å². The van der Waals surface area contributed by atoms with Crippen LogP contribution in [0.15, 0.2) is 55.0 Å². The molecule has 5 heterocycles. The summed E-state index contributed by atoms with van der Waals surface area (Å²) < 4.78 is 21.6. The summed E-state index contributed by atoms with van der Waals surface area (Å²) in [6, 6.07) is 12.8. The lowest BCUT2D eigenvalue weighted by Crippen LogP contribution is -2.47. The zero-order chi connectivity index (χ0) is 34.4. The predicted molar refractivity (Wildman–Crippen MR) is 196 cm³/mol. The van der Waals surface area contributed by atoms with Gasteiger partial charge in [0.15, 0.2) is 0 Å². The monoisotopic (exact) mass is 716 g/mol. The highest BCUT2D eigenvalue weighted by molar-refractivity contribution is 7.22. The molecule has 8 rings (SSSR count). The number of aryl methyl sites for hydroxylation is 2. The Balaban J connectivity index is 0.939. The van der Waals surface area contributed by atoms with Gasteiger partial charge in [-0.25, -0.2) is 14.4 Å². The number of ether oxygens (including phenoxy) is 1. The number of aromatic nitrogens is 4. The van der Waals surface area contributed by atoms with E-state index in [1.807, 2.05) is 24.3 Å². The van der Waals surface area contributed by atoms with Gasteiger partial charge in [-0.15, -0.1) is 11.3 Å². The summed E-state index contributed by atoms with van der Waals surface area (Å²) in [4.78, 5) is 18.4. The number of likely N-dealkylation sites (N-methyl/N-ethyl adjacent to an activating group) is 1. The predicted octanol–water partition coefficient (Wildman–Crippen LogP) is 6.36. The molecule has 0 saturated carbocycles. The van der Waals surface area contributed by atoms with Gasteiger partial charge in [0.2, 0.25) is 0 Å². The number of nitrogens with zero attached hydrogens (tertiary/aromatic N) is 7. The number of hydrogen-bond donors (Lipinski definition) is 2. The highest BCUT2D eigenvalue weighted by atomic mass is 35.5. The van der Waals surface area contributed by atoms with Crippen molar-refractivity contribution < 1.29 is 14.2 Å². The second kappa shape index (κ2) is 14.2. The minimum Gasteiger partial charge on any atom is -0.487 e. The van der Waals surface area contributed by atoms with Gasteiger partial charge in [0.1, 0.15) is 41.4 Å². The van der Waals surface area contributed by atoms with Crippen LogP contribution in [0.5, 0.6) is 5.75 Å². The molecule has 13 heteroatoms. The molecule has 10 nitrogen and oxygen atoms in total. The Kier molecular flexibility index (Phi) is 9.49. The molecule has 0 spiro atoms. The van der Waals surface area contributed by atoms with E-state index >= 15 is 0 Å². The fourth-order valence-corrected chi connectivity index (χ4v) is 9.05. The molecule has 5 aromatic rings. The molecular weight excluding hydrogens is 675 g/mol. The van der Waals surface area contributed by atoms with E-state index in [1.54, 1.807) is 23.7 Å². The SMILES string of the molecule is CN(C)[C@@H]1CCN(CC(O)N2CCC(n3cc4c(n3)CCc3c-4sc4ncnc(Nc5ccc(OCc6cccc(F)c6)c(Cl)c5)c34)CC2)C1. The number of β-amino-alcohol motifs (C(OH)–C–C–N with tert-alkyl or cyclic N) is 1. The van der Waals surface area contributed by atoms with Crippen LogP contribution in [0.3, 0.4) is 0 Å². The molecular formula is C37H42ClFN8O2S. The number of nitrogens with one attached hydrogen (secondary N) is 1. The van der Waals surface area contributed by atoms with Crippen molar-refractivity contribution in [1.29, 1.82) is 0 Å². The molecule has 50 heavy (non-hydrogen) atoms. The Labute approximate surface area is 300 Å². The van der Waals surface area contributed by atoms with Crippen molar-refractivity contribution in [2.75, 3.05) is 52.1 Å². The number of thiophene rings is 1. The van der Waals surface area contributed by atoms with Crippen LogP contribution in [0.25, 0.3) is 20.7 Å². The van der Waals surface area contributed by atoms with Crippen molar-refractivity contribution in [3.05, 3.63) is 82.6 Å². The number of aliphatic hydroxyl groups is 1. The quantitative estimate of drug-likeness (QED) is 0.171. The largest absolute Gasteiger partial charge is 0.487 e. The standard InChI is InChI=1S/C37H42ClFN8O2S/c1-44(2)27-10-13-45(18-27)20-33(48)46-14-11-26(12-15-46)47-19-29-31(43-47)8-7-28-34-36(40-22-41-37(34)50-35(28)29)42-25-6-9-32(30(38)17-25)49-21-23-4-3-5-24(39)16-23/h3-6,9,16-17,19,22,26-27,33,48H,7-8,10-15,18,20-21H2,1-2H3,(H,40,41,42)/t27-,33?/m1/s1. The molecule has 2 aliphatic heterocycles. The van der Waals surface area contributed by atoms with E-state index in [0.717, 1.165) is 91.3 Å². The zero-order valence-electron chi connectivity index (χ0n) is 28.4. The van der Waals surface area contributed by atoms with E-state index in [1.165, 1.54) is 28.1 Å². The van der Waals surface area contributed by atoms with Gasteiger partial charge in [0.05, 0.1) is 22.1 Å². The highest BCUT2D eigenvalue weighted by Gasteiger charge is 2.32. The summed E-state index contributed by atoms with van der Waals surface area (Å²) in [6.45, 7) is 4.74. The number of hydrogen-bond acceptors (Lipinski definition) is 10. The summed E-state index contributed by atoms with van der Waals surface area (Å²) in [6.07, 6.45) is 8.22. The number of rotatable bonds is 10. The number of benzene rings is 2. The third kappa shape index (κ3) is 6.84. The van der Waals surface area contributed by atoms with E-state index in [4.69, 9.17) is 21.4 Å². The van der Waals surface area contributed by atoms with E-state index in [0.29, 0.717) is 29.4 Å². The van der Waals surface area contributed by atoms with E-state index in [2.05, 4.69) is 55.0 Å². The Morgan fingerprint density at radius 2 is 1.96 bits per heavy atom. The minimum absolute atomic E-state index is 0.218. The van der Waals surface area contributed by atoms with E-state index < -0.39 is 6.23 Å². The number of piperidine rings is 1. The molecule has 1 unspecified atom stereocenters. The molecule has 2 N–H and O–H groups in total. The molecule has 2 saturated heterocycles. The van der Waals surface area contributed by atoms with Gasteiger partial charge in [-0.1, -0.05) is 23.7 Å². The number of halogens is 2. The average molecular weight is 717 g/mol. The lowest BCUT2D eigenvalue weighted by atomic mass is 9.95. The van der Waals surface area contributed by atoms with Crippen LogP contribution in [0, 0.1) is 5.82 Å². The van der Waals surface area contributed by atoms with Crippen molar-refractivity contribution >= 4 is 44.7 Å². The van der Waals surface area contributed by atoms with Crippen LogP contribution in [0.4, 0.5) is 15.9 Å². The van der Waals surface area contributed by atoms with Crippen molar-refractivity contribution in [2.24, 2.45) is 0 Å². The van der Waals surface area contributed by atoms with E-state index in [9.17, 15) is 9.50 Å². The molecule has 2 atom stereocenters. The van der Waals surface area contributed by atoms with Crippen molar-refractivity contribution in [1.82, 2.24) is 34.4 Å². The smallest absolute Gasteiger partial charge is 0.142 e. The maximum Gasteiger partial charge on any atom is 0.142 e. The normalized spacial score (nSPS) is 19.2. The summed E-state index contributed by atoms with van der Waals surface area (Å²) in [5.74, 6) is 0.965. The second-order valence-corrected chi connectivity index (χ2v) is 15.3. The zero-order valence-corrected chi connectivity index (χ0v) is 29.9. The highest BCUT2D eigenvalue weighted by Crippen LogP contribution is 2.46. The van der Waals surface area contributed by atoms with Gasteiger partial charge in [0, 0.05) is 54.5 Å². The Bertz CT molecular complexity index is 1990. The lowest BCUT2D eigenvalue weighted by molar-refractivity contribution is -0.0343. The molecule has 3 aliphatic rings. The van der Waals surface area contributed by atoms with E-state index in [-0.39, 0.29) is 12.4 Å². The Morgan fingerprint density at radius 1 is 1.10 bits per heavy atom. The van der Waals surface area contributed by atoms with Gasteiger partial charge < -0.3 is 20.1 Å². The average Bonchev–Trinajstić information content (AvgIpc) is 3.85. The van der Waals surface area contributed by atoms with Crippen LogP contribution < -0.4 is 10.1 Å². The fraction of sp³-hybridized carbons (Fsp3) is 0.432. The summed E-state index contributed by atoms with van der Waals surface area (Å²) in [5, 5.41) is 21.1. The first-order chi connectivity index (χ1) is 24.3. The minimum atomic E-state index is -0.429.